The summed E-state index contributed by atoms with van der Waals surface area (Å²) >= 11 is 0. The molecule has 0 radical (unpaired) electrons. The number of carbonyl (C=O) groups excluding carboxylic acids is 1. The zero-order valence-corrected chi connectivity index (χ0v) is 16.9. The van der Waals surface area contributed by atoms with Gasteiger partial charge in [0.05, 0.1) is 26.1 Å². The minimum atomic E-state index is -0.201. The smallest absolute Gasteiger partial charge is 0.269 e. The lowest BCUT2D eigenvalue weighted by atomic mass is 10.1. The van der Waals surface area contributed by atoms with Crippen LogP contribution in [-0.2, 0) is 6.42 Å². The first-order chi connectivity index (χ1) is 14.1. The zero-order chi connectivity index (χ0) is 20.6. The number of nitrogens with zero attached hydrogens (tertiary/aromatic N) is 1. The van der Waals surface area contributed by atoms with Crippen LogP contribution in [0.25, 0.3) is 0 Å². The number of aryl methyl sites for hydroxylation is 1. The van der Waals surface area contributed by atoms with Crippen LogP contribution < -0.4 is 20.1 Å². The number of aromatic nitrogens is 1. The monoisotopic (exact) mass is 391 g/mol. The van der Waals surface area contributed by atoms with Crippen molar-refractivity contribution in [3.63, 3.8) is 0 Å². The molecule has 0 aliphatic carbocycles. The van der Waals surface area contributed by atoms with Crippen molar-refractivity contribution in [3.8, 4) is 11.5 Å². The van der Waals surface area contributed by atoms with Gasteiger partial charge in [0.25, 0.3) is 5.91 Å². The van der Waals surface area contributed by atoms with Crippen molar-refractivity contribution in [2.45, 2.75) is 13.3 Å². The average molecular weight is 391 g/mol. The van der Waals surface area contributed by atoms with Gasteiger partial charge >= 0.3 is 0 Å². The molecule has 6 heteroatoms. The molecule has 3 aromatic rings. The molecule has 1 amide bonds. The topological polar surface area (TPSA) is 72.5 Å². The Morgan fingerprint density at radius 3 is 2.48 bits per heavy atom. The Kier molecular flexibility index (Phi) is 6.68. The van der Waals surface area contributed by atoms with E-state index in [1.807, 2.05) is 49.4 Å². The molecule has 29 heavy (non-hydrogen) atoms. The molecule has 1 heterocycles. The third kappa shape index (κ3) is 5.48. The number of methoxy groups -OCH3 is 2. The summed E-state index contributed by atoms with van der Waals surface area (Å²) in [5, 5.41) is 6.18. The highest BCUT2D eigenvalue weighted by molar-refractivity contribution is 5.92. The summed E-state index contributed by atoms with van der Waals surface area (Å²) in [6.07, 6.45) is 2.34. The normalized spacial score (nSPS) is 10.3. The number of hydrogen-bond acceptors (Lipinski definition) is 5. The van der Waals surface area contributed by atoms with Crippen LogP contribution in [-0.4, -0.2) is 31.7 Å². The molecule has 3 rings (SSSR count). The second-order valence-corrected chi connectivity index (χ2v) is 6.62. The SMILES string of the molecule is COc1ccc(CCNC(=O)c2ccc(Nc3cccc(C)c3)cn2)cc1OC. The van der Waals surface area contributed by atoms with Gasteiger partial charge in [0, 0.05) is 12.2 Å². The maximum Gasteiger partial charge on any atom is 0.269 e. The molecule has 6 nitrogen and oxygen atoms in total. The Balaban J connectivity index is 1.53. The standard InChI is InChI=1S/C23H25N3O3/c1-16-5-4-6-18(13-16)26-19-8-9-20(25-15-19)23(27)24-12-11-17-7-10-21(28-2)22(14-17)29-3/h4-10,13-15,26H,11-12H2,1-3H3,(H,24,27). The summed E-state index contributed by atoms with van der Waals surface area (Å²) in [5.41, 5.74) is 4.42. The highest BCUT2D eigenvalue weighted by Crippen LogP contribution is 2.27. The van der Waals surface area contributed by atoms with E-state index in [0.717, 1.165) is 16.9 Å². The molecule has 0 saturated carbocycles. The van der Waals surface area contributed by atoms with Crippen molar-refractivity contribution in [2.24, 2.45) is 0 Å². The van der Waals surface area contributed by atoms with Crippen LogP contribution in [0, 0.1) is 6.92 Å². The molecular weight excluding hydrogens is 366 g/mol. The fourth-order valence-electron chi connectivity index (χ4n) is 2.94. The molecule has 2 aromatic carbocycles. The summed E-state index contributed by atoms with van der Waals surface area (Å²) in [6.45, 7) is 2.54. The molecule has 0 fully saturated rings. The minimum Gasteiger partial charge on any atom is -0.493 e. The lowest BCUT2D eigenvalue weighted by Crippen LogP contribution is -2.26. The summed E-state index contributed by atoms with van der Waals surface area (Å²) in [7, 11) is 3.21. The van der Waals surface area contributed by atoms with Crippen molar-refractivity contribution in [3.05, 3.63) is 77.6 Å². The minimum absolute atomic E-state index is 0.201. The van der Waals surface area contributed by atoms with Gasteiger partial charge in [-0.1, -0.05) is 18.2 Å². The molecule has 0 spiro atoms. The summed E-state index contributed by atoms with van der Waals surface area (Å²) < 4.78 is 10.5. The molecule has 0 bridgehead atoms. The van der Waals surface area contributed by atoms with Gasteiger partial charge < -0.3 is 20.1 Å². The van der Waals surface area contributed by atoms with E-state index in [9.17, 15) is 4.79 Å². The van der Waals surface area contributed by atoms with Crippen molar-refractivity contribution in [1.29, 1.82) is 0 Å². The molecule has 0 saturated heterocycles. The Morgan fingerprint density at radius 1 is 0.966 bits per heavy atom. The maximum atomic E-state index is 12.3. The van der Waals surface area contributed by atoms with Crippen molar-refractivity contribution >= 4 is 17.3 Å². The highest BCUT2D eigenvalue weighted by Gasteiger charge is 2.08. The largest absolute Gasteiger partial charge is 0.493 e. The number of anilines is 2. The number of benzene rings is 2. The number of hydrogen-bond donors (Lipinski definition) is 2. The quantitative estimate of drug-likeness (QED) is 0.604. The Morgan fingerprint density at radius 2 is 1.79 bits per heavy atom. The second kappa shape index (κ2) is 9.59. The van der Waals surface area contributed by atoms with Crippen LogP contribution in [0.1, 0.15) is 21.6 Å². The Bertz CT molecular complexity index is 971. The number of amides is 1. The molecule has 1 aromatic heterocycles. The summed E-state index contributed by atoms with van der Waals surface area (Å²) in [5.74, 6) is 1.16. The van der Waals surface area contributed by atoms with Crippen LogP contribution in [0.3, 0.4) is 0 Å². The van der Waals surface area contributed by atoms with Crippen LogP contribution >= 0.6 is 0 Å². The van der Waals surface area contributed by atoms with Crippen LogP contribution in [0.5, 0.6) is 11.5 Å². The fraction of sp³-hybridized carbons (Fsp3) is 0.217. The predicted molar refractivity (Wildman–Crippen MR) is 114 cm³/mol. The molecule has 0 aliphatic heterocycles. The van der Waals surface area contributed by atoms with Gasteiger partial charge in [0.1, 0.15) is 5.69 Å². The van der Waals surface area contributed by atoms with Gasteiger partial charge in [-0.2, -0.15) is 0 Å². The van der Waals surface area contributed by atoms with Gasteiger partial charge in [-0.3, -0.25) is 4.79 Å². The first kappa shape index (κ1) is 20.2. The lowest BCUT2D eigenvalue weighted by molar-refractivity contribution is 0.0949. The maximum absolute atomic E-state index is 12.3. The first-order valence-corrected chi connectivity index (χ1v) is 9.38. The van der Waals surface area contributed by atoms with Crippen LogP contribution in [0.4, 0.5) is 11.4 Å². The number of nitrogens with one attached hydrogen (secondary N) is 2. The zero-order valence-electron chi connectivity index (χ0n) is 16.9. The van der Waals surface area contributed by atoms with Gasteiger partial charge in [-0.25, -0.2) is 4.98 Å². The number of carbonyl (C=O) groups is 1. The number of ether oxygens (including phenoxy) is 2. The van der Waals surface area contributed by atoms with Gasteiger partial charge in [0.15, 0.2) is 11.5 Å². The third-order valence-corrected chi connectivity index (χ3v) is 4.45. The average Bonchev–Trinajstić information content (AvgIpc) is 2.74. The predicted octanol–water partition coefficient (Wildman–Crippen LogP) is 4.12. The Labute approximate surface area is 170 Å². The van der Waals surface area contributed by atoms with E-state index in [0.29, 0.717) is 30.2 Å². The molecule has 150 valence electrons. The van der Waals surface area contributed by atoms with E-state index in [2.05, 4.69) is 21.7 Å². The van der Waals surface area contributed by atoms with E-state index in [1.54, 1.807) is 26.5 Å². The Hall–Kier alpha value is -3.54. The van der Waals surface area contributed by atoms with Gasteiger partial charge in [0.2, 0.25) is 0 Å². The van der Waals surface area contributed by atoms with E-state index in [1.165, 1.54) is 5.56 Å². The van der Waals surface area contributed by atoms with E-state index in [-0.39, 0.29) is 5.91 Å². The van der Waals surface area contributed by atoms with E-state index < -0.39 is 0 Å². The van der Waals surface area contributed by atoms with Crippen molar-refractivity contribution < 1.29 is 14.3 Å². The lowest BCUT2D eigenvalue weighted by Gasteiger charge is -2.10. The number of rotatable bonds is 8. The van der Waals surface area contributed by atoms with Gasteiger partial charge in [-0.15, -0.1) is 0 Å². The van der Waals surface area contributed by atoms with Crippen LogP contribution in [0.2, 0.25) is 0 Å². The van der Waals surface area contributed by atoms with E-state index >= 15 is 0 Å². The molecule has 0 aliphatic rings. The van der Waals surface area contributed by atoms with E-state index in [4.69, 9.17) is 9.47 Å². The second-order valence-electron chi connectivity index (χ2n) is 6.62. The molecule has 0 unspecified atom stereocenters. The third-order valence-electron chi connectivity index (χ3n) is 4.45. The molecule has 2 N–H and O–H groups in total. The molecule has 0 atom stereocenters. The van der Waals surface area contributed by atoms with Crippen molar-refractivity contribution in [2.75, 3.05) is 26.1 Å². The molecular formula is C23H25N3O3. The number of pyridine rings is 1. The van der Waals surface area contributed by atoms with Crippen LogP contribution in [0.15, 0.2) is 60.8 Å². The highest BCUT2D eigenvalue weighted by atomic mass is 16.5. The summed E-state index contributed by atoms with van der Waals surface area (Å²) in [4.78, 5) is 16.6. The summed E-state index contributed by atoms with van der Waals surface area (Å²) in [6, 6.07) is 17.4. The van der Waals surface area contributed by atoms with Gasteiger partial charge in [-0.05, 0) is 60.9 Å². The van der Waals surface area contributed by atoms with Crippen molar-refractivity contribution in [1.82, 2.24) is 10.3 Å². The fourth-order valence-corrected chi connectivity index (χ4v) is 2.94. The first-order valence-electron chi connectivity index (χ1n) is 9.38.